The van der Waals surface area contributed by atoms with Crippen molar-refractivity contribution in [1.82, 2.24) is 20.6 Å². The summed E-state index contributed by atoms with van der Waals surface area (Å²) in [4.78, 5) is 37.6. The van der Waals surface area contributed by atoms with Gasteiger partial charge in [0.15, 0.2) is 5.82 Å². The van der Waals surface area contributed by atoms with Gasteiger partial charge in [0.1, 0.15) is 11.8 Å². The third kappa shape index (κ3) is 9.73. The Morgan fingerprint density at radius 3 is 2.19 bits per heavy atom. The standard InChI is InChI=1S/C39H49N5O3S/c1-5-6-7-8-9-20-47-32-16-14-27(15-17-32)29-24-41-36(42-25-29)28-12-10-26(11-13-28)21-33(37(45)43-31-22-30(40)23-31)44-38(46)34-18-19-35(48-34)39(2,3)4/h10-19,24-25,30-31,33H,5-9,20-23,40H2,1-4H3,(H,43,45)(H,44,46). The molecule has 0 saturated heterocycles. The molecular formula is C39H49N5O3S. The lowest BCUT2D eigenvalue weighted by Gasteiger charge is -2.34. The molecule has 2 amide bonds. The molecule has 2 aromatic carbocycles. The normalized spacial score (nSPS) is 16.5. The zero-order chi connectivity index (χ0) is 34.1. The van der Waals surface area contributed by atoms with Gasteiger partial charge in [-0.3, -0.25) is 9.59 Å². The zero-order valence-electron chi connectivity index (χ0n) is 28.6. The van der Waals surface area contributed by atoms with Gasteiger partial charge in [-0.15, -0.1) is 11.3 Å². The molecule has 2 aromatic heterocycles. The number of unbranched alkanes of at least 4 members (excludes halogenated alkanes) is 4. The number of benzene rings is 2. The molecule has 1 aliphatic carbocycles. The third-order valence-electron chi connectivity index (χ3n) is 8.72. The van der Waals surface area contributed by atoms with Crippen LogP contribution in [0.5, 0.6) is 5.75 Å². The molecule has 254 valence electrons. The minimum atomic E-state index is -0.724. The fraction of sp³-hybridized carbons (Fsp3) is 0.436. The van der Waals surface area contributed by atoms with E-state index in [4.69, 9.17) is 10.5 Å². The minimum absolute atomic E-state index is 0.0417. The van der Waals surface area contributed by atoms with Crippen LogP contribution in [0.1, 0.15) is 92.8 Å². The molecule has 0 spiro atoms. The van der Waals surface area contributed by atoms with Crippen LogP contribution in [0.4, 0.5) is 0 Å². The van der Waals surface area contributed by atoms with E-state index < -0.39 is 6.04 Å². The Bertz CT molecular complexity index is 1620. The number of rotatable bonds is 15. The van der Waals surface area contributed by atoms with Gasteiger partial charge in [0, 0.05) is 46.9 Å². The predicted molar refractivity (Wildman–Crippen MR) is 194 cm³/mol. The molecule has 5 rings (SSSR count). The molecule has 0 aliphatic heterocycles. The maximum Gasteiger partial charge on any atom is 0.262 e. The Labute approximate surface area is 288 Å². The van der Waals surface area contributed by atoms with E-state index in [0.29, 0.717) is 17.1 Å². The van der Waals surface area contributed by atoms with Crippen molar-refractivity contribution in [1.29, 1.82) is 0 Å². The first-order valence-corrected chi connectivity index (χ1v) is 18.0. The molecule has 1 saturated carbocycles. The number of carbonyl (C=O) groups excluding carboxylic acids is 2. The summed E-state index contributed by atoms with van der Waals surface area (Å²) in [6.07, 6.45) is 11.6. The fourth-order valence-electron chi connectivity index (χ4n) is 5.67. The number of hydrogen-bond donors (Lipinski definition) is 3. The average Bonchev–Trinajstić information content (AvgIpc) is 3.58. The summed E-state index contributed by atoms with van der Waals surface area (Å²) >= 11 is 1.46. The quantitative estimate of drug-likeness (QED) is 0.113. The van der Waals surface area contributed by atoms with E-state index in [9.17, 15) is 9.59 Å². The van der Waals surface area contributed by atoms with Crippen molar-refractivity contribution in [2.45, 2.75) is 103 Å². The van der Waals surface area contributed by atoms with Crippen molar-refractivity contribution in [2.24, 2.45) is 5.73 Å². The first-order valence-electron chi connectivity index (χ1n) is 17.2. The summed E-state index contributed by atoms with van der Waals surface area (Å²) in [5.41, 5.74) is 9.63. The topological polar surface area (TPSA) is 119 Å². The van der Waals surface area contributed by atoms with Crippen LogP contribution in [-0.4, -0.2) is 46.5 Å². The molecule has 8 nitrogen and oxygen atoms in total. The first-order chi connectivity index (χ1) is 23.1. The van der Waals surface area contributed by atoms with Crippen molar-refractivity contribution >= 4 is 23.2 Å². The number of amides is 2. The second-order valence-electron chi connectivity index (χ2n) is 13.9. The van der Waals surface area contributed by atoms with Crippen LogP contribution < -0.4 is 21.1 Å². The number of hydrogen-bond acceptors (Lipinski definition) is 7. The smallest absolute Gasteiger partial charge is 0.262 e. The lowest BCUT2D eigenvalue weighted by Crippen LogP contribution is -2.56. The molecule has 0 radical (unpaired) electrons. The molecule has 1 atom stereocenters. The Morgan fingerprint density at radius 2 is 1.56 bits per heavy atom. The average molecular weight is 668 g/mol. The maximum absolute atomic E-state index is 13.3. The summed E-state index contributed by atoms with van der Waals surface area (Å²) in [5.74, 6) is 1.05. The van der Waals surface area contributed by atoms with Crippen molar-refractivity contribution < 1.29 is 14.3 Å². The van der Waals surface area contributed by atoms with Gasteiger partial charge in [0.05, 0.1) is 11.5 Å². The summed E-state index contributed by atoms with van der Waals surface area (Å²) in [6, 6.07) is 19.1. The lowest BCUT2D eigenvalue weighted by atomic mass is 9.87. The summed E-state index contributed by atoms with van der Waals surface area (Å²) in [5, 5.41) is 6.07. The Morgan fingerprint density at radius 1 is 0.896 bits per heavy atom. The van der Waals surface area contributed by atoms with E-state index in [0.717, 1.165) is 58.7 Å². The maximum atomic E-state index is 13.3. The number of carbonyl (C=O) groups is 2. The molecule has 1 fully saturated rings. The van der Waals surface area contributed by atoms with Crippen molar-refractivity contribution in [3.8, 4) is 28.3 Å². The lowest BCUT2D eigenvalue weighted by molar-refractivity contribution is -0.124. The number of thiophene rings is 1. The summed E-state index contributed by atoms with van der Waals surface area (Å²) < 4.78 is 5.90. The second-order valence-corrected chi connectivity index (χ2v) is 14.9. The third-order valence-corrected chi connectivity index (χ3v) is 10.2. The molecule has 1 unspecified atom stereocenters. The zero-order valence-corrected chi connectivity index (χ0v) is 29.4. The summed E-state index contributed by atoms with van der Waals surface area (Å²) in [6.45, 7) is 9.32. The number of aromatic nitrogens is 2. The number of nitrogens with zero attached hydrogens (tertiary/aromatic N) is 2. The Hall–Kier alpha value is -4.08. The first kappa shape index (κ1) is 35.2. The van der Waals surface area contributed by atoms with Crippen LogP contribution in [0.25, 0.3) is 22.5 Å². The number of nitrogens with one attached hydrogen (secondary N) is 2. The van der Waals surface area contributed by atoms with Crippen LogP contribution in [0.15, 0.2) is 73.1 Å². The van der Waals surface area contributed by atoms with Crippen LogP contribution >= 0.6 is 11.3 Å². The van der Waals surface area contributed by atoms with E-state index >= 15 is 0 Å². The minimum Gasteiger partial charge on any atom is -0.494 e. The van der Waals surface area contributed by atoms with Gasteiger partial charge in [-0.2, -0.15) is 0 Å². The van der Waals surface area contributed by atoms with E-state index in [1.807, 2.05) is 73.1 Å². The highest BCUT2D eigenvalue weighted by atomic mass is 32.1. The number of nitrogens with two attached hydrogens (primary N) is 1. The van der Waals surface area contributed by atoms with Gasteiger partial charge >= 0.3 is 0 Å². The van der Waals surface area contributed by atoms with Gasteiger partial charge in [-0.1, -0.05) is 89.8 Å². The highest BCUT2D eigenvalue weighted by Crippen LogP contribution is 2.30. The Kier molecular flexibility index (Phi) is 12.0. The largest absolute Gasteiger partial charge is 0.494 e. The van der Waals surface area contributed by atoms with Crippen molar-refractivity contribution in [3.63, 3.8) is 0 Å². The molecule has 9 heteroatoms. The van der Waals surface area contributed by atoms with Crippen LogP contribution in [0.2, 0.25) is 0 Å². The van der Waals surface area contributed by atoms with Gasteiger partial charge in [0.2, 0.25) is 5.91 Å². The van der Waals surface area contributed by atoms with Gasteiger partial charge in [-0.05, 0) is 60.1 Å². The van der Waals surface area contributed by atoms with Gasteiger partial charge in [-0.25, -0.2) is 9.97 Å². The molecule has 0 bridgehead atoms. The van der Waals surface area contributed by atoms with E-state index in [1.54, 1.807) is 0 Å². The number of ether oxygens (including phenoxy) is 1. The molecule has 48 heavy (non-hydrogen) atoms. The highest BCUT2D eigenvalue weighted by Gasteiger charge is 2.31. The van der Waals surface area contributed by atoms with E-state index in [1.165, 1.54) is 37.0 Å². The van der Waals surface area contributed by atoms with Crippen molar-refractivity contribution in [3.05, 3.63) is 88.4 Å². The Balaban J connectivity index is 1.20. The molecule has 2 heterocycles. The SMILES string of the molecule is CCCCCCCOc1ccc(-c2cnc(-c3ccc(CC(NC(=O)c4ccc(C(C)(C)C)s4)C(=O)NC4CC(N)C4)cc3)nc2)cc1. The van der Waals surface area contributed by atoms with Crippen LogP contribution in [0, 0.1) is 0 Å². The highest BCUT2D eigenvalue weighted by molar-refractivity contribution is 7.14. The van der Waals surface area contributed by atoms with E-state index in [2.05, 4.69) is 48.3 Å². The fourth-order valence-corrected chi connectivity index (χ4v) is 6.64. The molecule has 4 aromatic rings. The molecule has 4 N–H and O–H groups in total. The molecular weight excluding hydrogens is 619 g/mol. The summed E-state index contributed by atoms with van der Waals surface area (Å²) in [7, 11) is 0. The van der Waals surface area contributed by atoms with Crippen LogP contribution in [-0.2, 0) is 16.6 Å². The predicted octanol–water partition coefficient (Wildman–Crippen LogP) is 7.47. The second kappa shape index (κ2) is 16.3. The van der Waals surface area contributed by atoms with Crippen LogP contribution in [0.3, 0.4) is 0 Å². The van der Waals surface area contributed by atoms with Gasteiger partial charge < -0.3 is 21.1 Å². The van der Waals surface area contributed by atoms with Crippen molar-refractivity contribution in [2.75, 3.05) is 6.61 Å². The van der Waals surface area contributed by atoms with Gasteiger partial charge in [0.25, 0.3) is 5.91 Å². The molecule has 1 aliphatic rings. The monoisotopic (exact) mass is 667 g/mol. The van der Waals surface area contributed by atoms with E-state index in [-0.39, 0.29) is 29.3 Å².